The van der Waals surface area contributed by atoms with Crippen LogP contribution in [0.5, 0.6) is 0 Å². The molecule has 9 rings (SSSR count). The number of hydrogen-bond donors (Lipinski definition) is 2. The van der Waals surface area contributed by atoms with Gasteiger partial charge in [-0.15, -0.1) is 0 Å². The van der Waals surface area contributed by atoms with Gasteiger partial charge in [-0.25, -0.2) is 0 Å². The molecule has 6 aromatic rings. The van der Waals surface area contributed by atoms with E-state index in [1.54, 1.807) is 0 Å². The predicted octanol–water partition coefficient (Wildman–Crippen LogP) is 10.8. The summed E-state index contributed by atoms with van der Waals surface area (Å²) in [4.78, 5) is 6.49. The number of aliphatic imine (C=N–C) groups is 1. The largest absolute Gasteiger partial charge is 0.371 e. The smallest absolute Gasteiger partial charge is 0.145 e. The number of nitrogens with one attached hydrogen (secondary N) is 2. The Morgan fingerprint density at radius 3 is 2.17 bits per heavy atom. The maximum absolute atomic E-state index is 5.15. The van der Waals surface area contributed by atoms with Crippen LogP contribution in [0.15, 0.2) is 168 Å². The molecule has 0 spiro atoms. The summed E-state index contributed by atoms with van der Waals surface area (Å²) >= 11 is 1.96. The zero-order valence-electron chi connectivity index (χ0n) is 25.8. The highest BCUT2D eigenvalue weighted by Gasteiger charge is 2.29. The molecule has 0 saturated heterocycles. The highest BCUT2D eigenvalue weighted by Crippen LogP contribution is 2.48. The number of thioether (sulfide) groups is 1. The van der Waals surface area contributed by atoms with E-state index in [4.69, 9.17) is 4.99 Å². The molecule has 3 atom stereocenters. The summed E-state index contributed by atoms with van der Waals surface area (Å²) < 4.78 is 0. The van der Waals surface area contributed by atoms with E-state index in [0.717, 1.165) is 34.5 Å². The van der Waals surface area contributed by atoms with Gasteiger partial charge in [0, 0.05) is 21.9 Å². The van der Waals surface area contributed by atoms with Gasteiger partial charge in [0.05, 0.1) is 16.8 Å². The van der Waals surface area contributed by atoms with Gasteiger partial charge in [-0.2, -0.15) is 0 Å². The van der Waals surface area contributed by atoms with Crippen LogP contribution in [0.4, 0.5) is 5.69 Å². The molecule has 0 bridgehead atoms. The average molecular weight is 624 g/mol. The van der Waals surface area contributed by atoms with Crippen molar-refractivity contribution in [1.82, 2.24) is 5.32 Å². The van der Waals surface area contributed by atoms with Gasteiger partial charge in [0.2, 0.25) is 0 Å². The van der Waals surface area contributed by atoms with Crippen LogP contribution in [0.3, 0.4) is 0 Å². The maximum atomic E-state index is 5.15. The molecular weight excluding hydrogens is 591 g/mol. The number of rotatable bonds is 5. The molecule has 0 amide bonds. The summed E-state index contributed by atoms with van der Waals surface area (Å²) in [6.45, 7) is 0. The molecule has 2 N–H and O–H groups in total. The van der Waals surface area contributed by atoms with E-state index in [0.29, 0.717) is 11.3 Å². The summed E-state index contributed by atoms with van der Waals surface area (Å²) in [6, 6.07) is 45.8. The van der Waals surface area contributed by atoms with Gasteiger partial charge in [0.25, 0.3) is 0 Å². The van der Waals surface area contributed by atoms with Crippen molar-refractivity contribution in [3.05, 3.63) is 174 Å². The van der Waals surface area contributed by atoms with E-state index in [-0.39, 0.29) is 6.17 Å². The van der Waals surface area contributed by atoms with Crippen LogP contribution in [-0.2, 0) is 0 Å². The number of allylic oxidation sites excluding steroid dienone is 4. The molecule has 2 heterocycles. The normalized spacial score (nSPS) is 20.0. The average Bonchev–Trinajstić information content (AvgIpc) is 3.60. The predicted molar refractivity (Wildman–Crippen MR) is 200 cm³/mol. The van der Waals surface area contributed by atoms with Crippen molar-refractivity contribution in [3.63, 3.8) is 0 Å². The molecule has 0 fully saturated rings. The van der Waals surface area contributed by atoms with Crippen molar-refractivity contribution in [3.8, 4) is 11.1 Å². The minimum atomic E-state index is -0.182. The molecule has 6 aromatic carbocycles. The fourth-order valence-corrected chi connectivity index (χ4v) is 8.24. The van der Waals surface area contributed by atoms with Crippen LogP contribution in [0, 0.1) is 5.92 Å². The molecule has 3 aliphatic rings. The van der Waals surface area contributed by atoms with Crippen molar-refractivity contribution >= 4 is 50.4 Å². The summed E-state index contributed by atoms with van der Waals surface area (Å²) in [5.41, 5.74) is 9.15. The highest BCUT2D eigenvalue weighted by atomic mass is 32.2. The summed E-state index contributed by atoms with van der Waals surface area (Å²) in [5, 5.41) is 13.1. The van der Waals surface area contributed by atoms with Crippen LogP contribution in [-0.4, -0.2) is 11.1 Å². The van der Waals surface area contributed by atoms with Gasteiger partial charge in [0.1, 0.15) is 6.17 Å². The van der Waals surface area contributed by atoms with Crippen LogP contribution in [0.1, 0.15) is 29.3 Å². The Balaban J connectivity index is 1.03. The van der Waals surface area contributed by atoms with Gasteiger partial charge >= 0.3 is 0 Å². The molecule has 1 aliphatic carbocycles. The monoisotopic (exact) mass is 623 g/mol. The van der Waals surface area contributed by atoms with E-state index in [1.165, 1.54) is 43.3 Å². The first-order valence-corrected chi connectivity index (χ1v) is 17.2. The second-order valence-corrected chi connectivity index (χ2v) is 13.6. The van der Waals surface area contributed by atoms with Crippen LogP contribution < -0.4 is 10.6 Å². The Hall–Kier alpha value is -5.32. The number of anilines is 1. The first-order chi connectivity index (χ1) is 23.3. The SMILES string of the molecule is C1=CCC(C2Nc3c(ccc4ccc5cc(-c6ccc(C7N=C(c8ccccc8)C=C(c8ccccc8)N7)cc6)ccc5c34)S2)C=C1. The quantitative estimate of drug-likeness (QED) is 0.188. The van der Waals surface area contributed by atoms with Gasteiger partial charge in [-0.3, -0.25) is 4.99 Å². The van der Waals surface area contributed by atoms with Crippen LogP contribution >= 0.6 is 11.8 Å². The van der Waals surface area contributed by atoms with Crippen molar-refractivity contribution in [2.45, 2.75) is 22.9 Å². The lowest BCUT2D eigenvalue weighted by Gasteiger charge is -2.25. The topological polar surface area (TPSA) is 36.4 Å². The molecule has 0 aromatic heterocycles. The fourth-order valence-electron chi connectivity index (χ4n) is 6.99. The molecular formula is C43H33N3S. The minimum Gasteiger partial charge on any atom is -0.371 e. The number of fused-ring (bicyclic) bond motifs is 5. The third-order valence-corrected chi connectivity index (χ3v) is 10.8. The molecule has 0 saturated carbocycles. The van der Waals surface area contributed by atoms with E-state index in [9.17, 15) is 0 Å². The first-order valence-electron chi connectivity index (χ1n) is 16.3. The Labute approximate surface area is 279 Å². The first kappa shape index (κ1) is 27.9. The molecule has 4 heteroatoms. The lowest BCUT2D eigenvalue weighted by Crippen LogP contribution is -2.24. The van der Waals surface area contributed by atoms with Crippen molar-refractivity contribution in [2.24, 2.45) is 10.9 Å². The molecule has 226 valence electrons. The van der Waals surface area contributed by atoms with Crippen molar-refractivity contribution in [2.75, 3.05) is 5.32 Å². The van der Waals surface area contributed by atoms with Crippen LogP contribution in [0.2, 0.25) is 0 Å². The minimum absolute atomic E-state index is 0.182. The van der Waals surface area contributed by atoms with Crippen molar-refractivity contribution < 1.29 is 0 Å². The maximum Gasteiger partial charge on any atom is 0.145 e. The standard InChI is InChI=1S/C43H33N3S/c1-4-10-29(11-5-1)37-27-38(30-12-6-2-7-13-30)45-42(44-37)32-19-16-28(17-20-32)34-22-24-36-35(26-34)21-18-31-23-25-39-41(40(31)36)46-43(47-39)33-14-8-3-9-15-33/h1-14,16-27,33,42-44,46H,15H2. The number of hydrogen-bond acceptors (Lipinski definition) is 4. The Bertz CT molecular complexity index is 2250. The summed E-state index contributed by atoms with van der Waals surface area (Å²) in [7, 11) is 0. The zero-order chi connectivity index (χ0) is 31.2. The fraction of sp³-hybridized carbons (Fsp3) is 0.0930. The molecule has 2 aliphatic heterocycles. The summed E-state index contributed by atoms with van der Waals surface area (Å²) in [5.74, 6) is 0.498. The Morgan fingerprint density at radius 2 is 1.38 bits per heavy atom. The van der Waals surface area contributed by atoms with Crippen LogP contribution in [0.25, 0.3) is 38.4 Å². The number of nitrogens with zero attached hydrogens (tertiary/aromatic N) is 1. The molecule has 47 heavy (non-hydrogen) atoms. The molecule has 3 unspecified atom stereocenters. The zero-order valence-corrected chi connectivity index (χ0v) is 26.6. The van der Waals surface area contributed by atoms with Gasteiger partial charge in [-0.05, 0) is 68.6 Å². The van der Waals surface area contributed by atoms with Crippen molar-refractivity contribution in [1.29, 1.82) is 0 Å². The lowest BCUT2D eigenvalue weighted by atomic mass is 9.95. The highest BCUT2D eigenvalue weighted by molar-refractivity contribution is 8.00. The Kier molecular flexibility index (Phi) is 7.02. The third-order valence-electron chi connectivity index (χ3n) is 9.46. The van der Waals surface area contributed by atoms with Gasteiger partial charge in [-0.1, -0.05) is 151 Å². The van der Waals surface area contributed by atoms with Gasteiger partial charge in [0.15, 0.2) is 0 Å². The second-order valence-electron chi connectivity index (χ2n) is 12.4. The number of benzene rings is 6. The second kappa shape index (κ2) is 11.8. The van der Waals surface area contributed by atoms with Gasteiger partial charge < -0.3 is 10.6 Å². The third kappa shape index (κ3) is 5.25. The van der Waals surface area contributed by atoms with E-state index in [1.807, 2.05) is 17.8 Å². The van der Waals surface area contributed by atoms with E-state index < -0.39 is 0 Å². The van der Waals surface area contributed by atoms with E-state index >= 15 is 0 Å². The molecule has 3 nitrogen and oxygen atoms in total. The molecule has 0 radical (unpaired) electrons. The van der Waals surface area contributed by atoms with E-state index in [2.05, 4.69) is 162 Å². The Morgan fingerprint density at radius 1 is 0.638 bits per heavy atom. The summed E-state index contributed by atoms with van der Waals surface area (Å²) in [6.07, 6.45) is 12.0. The lowest BCUT2D eigenvalue weighted by molar-refractivity contribution is 0.662.